The van der Waals surface area contributed by atoms with E-state index in [2.05, 4.69) is 38.6 Å². The standard InChI is InChI=1S/C10H16F3N5OS/c1-5(2)3-7(8-15-17-18-16-8)14-9(19)6(4-20)10(11,12)13/h5-7,20H,3-4H2,1-2H3,(H,14,19)(H,15,16,17,18)/t6-,7?/m1/s1. The first-order chi connectivity index (χ1) is 9.25. The average molecular weight is 311 g/mol. The van der Waals surface area contributed by atoms with Gasteiger partial charge in [-0.25, -0.2) is 5.10 Å². The van der Waals surface area contributed by atoms with Crippen molar-refractivity contribution >= 4 is 18.5 Å². The van der Waals surface area contributed by atoms with Crippen LogP contribution in [0.3, 0.4) is 0 Å². The van der Waals surface area contributed by atoms with Gasteiger partial charge in [0.05, 0.1) is 6.04 Å². The normalized spacial score (nSPS) is 15.2. The Morgan fingerprint density at radius 1 is 1.45 bits per heavy atom. The quantitative estimate of drug-likeness (QED) is 0.695. The van der Waals surface area contributed by atoms with Crippen molar-refractivity contribution in [3.8, 4) is 0 Å². The van der Waals surface area contributed by atoms with Crippen molar-refractivity contribution in [2.75, 3.05) is 5.75 Å². The third-order valence-electron chi connectivity index (χ3n) is 2.61. The van der Waals surface area contributed by atoms with Crippen molar-refractivity contribution in [2.24, 2.45) is 11.8 Å². The lowest BCUT2D eigenvalue weighted by Gasteiger charge is -2.22. The molecular formula is C10H16F3N5OS. The van der Waals surface area contributed by atoms with Crippen molar-refractivity contribution in [2.45, 2.75) is 32.5 Å². The largest absolute Gasteiger partial charge is 0.401 e. The molecule has 1 aromatic heterocycles. The molecule has 0 saturated carbocycles. The Balaban J connectivity index is 2.82. The van der Waals surface area contributed by atoms with Gasteiger partial charge < -0.3 is 5.32 Å². The summed E-state index contributed by atoms with van der Waals surface area (Å²) in [5.41, 5.74) is 0. The minimum Gasteiger partial charge on any atom is -0.345 e. The fourth-order valence-corrected chi connectivity index (χ4v) is 2.00. The molecule has 0 fully saturated rings. The summed E-state index contributed by atoms with van der Waals surface area (Å²) in [4.78, 5) is 11.7. The van der Waals surface area contributed by atoms with Gasteiger partial charge in [0.25, 0.3) is 0 Å². The van der Waals surface area contributed by atoms with E-state index in [0.717, 1.165) is 0 Å². The van der Waals surface area contributed by atoms with Gasteiger partial charge in [0.2, 0.25) is 5.91 Å². The van der Waals surface area contributed by atoms with Crippen LogP contribution < -0.4 is 5.32 Å². The van der Waals surface area contributed by atoms with Crippen molar-refractivity contribution in [1.29, 1.82) is 0 Å². The van der Waals surface area contributed by atoms with Crippen LogP contribution in [0.15, 0.2) is 0 Å². The number of alkyl halides is 3. The van der Waals surface area contributed by atoms with Crippen molar-refractivity contribution in [1.82, 2.24) is 25.9 Å². The smallest absolute Gasteiger partial charge is 0.345 e. The average Bonchev–Trinajstić information content (AvgIpc) is 2.79. The molecule has 2 N–H and O–H groups in total. The zero-order valence-electron chi connectivity index (χ0n) is 11.0. The number of H-pyrrole nitrogens is 1. The molecule has 1 heterocycles. The Morgan fingerprint density at radius 2 is 2.10 bits per heavy atom. The summed E-state index contributed by atoms with van der Waals surface area (Å²) in [6, 6.07) is -0.692. The van der Waals surface area contributed by atoms with Crippen molar-refractivity contribution in [3.63, 3.8) is 0 Å². The highest BCUT2D eigenvalue weighted by Crippen LogP contribution is 2.28. The van der Waals surface area contributed by atoms with Crippen LogP contribution in [0, 0.1) is 11.8 Å². The molecule has 0 aliphatic carbocycles. The molecule has 1 rings (SSSR count). The number of aromatic nitrogens is 4. The molecule has 114 valence electrons. The van der Waals surface area contributed by atoms with E-state index in [4.69, 9.17) is 0 Å². The number of rotatable bonds is 6. The van der Waals surface area contributed by atoms with Crippen LogP contribution in [-0.4, -0.2) is 38.5 Å². The Kier molecular flexibility index (Phi) is 5.78. The Bertz CT molecular complexity index is 423. The number of hydrogen-bond donors (Lipinski definition) is 3. The second-order valence-electron chi connectivity index (χ2n) is 4.75. The molecule has 0 bridgehead atoms. The van der Waals surface area contributed by atoms with Gasteiger partial charge >= 0.3 is 6.18 Å². The third kappa shape index (κ3) is 4.66. The van der Waals surface area contributed by atoms with Gasteiger partial charge in [0, 0.05) is 5.75 Å². The Labute approximate surface area is 119 Å². The molecule has 0 aliphatic rings. The van der Waals surface area contributed by atoms with Gasteiger partial charge in [0.15, 0.2) is 5.82 Å². The van der Waals surface area contributed by atoms with E-state index in [1.807, 2.05) is 13.8 Å². The van der Waals surface area contributed by atoms with E-state index >= 15 is 0 Å². The fourth-order valence-electron chi connectivity index (χ4n) is 1.63. The molecule has 0 saturated heterocycles. The van der Waals surface area contributed by atoms with Crippen molar-refractivity contribution in [3.05, 3.63) is 5.82 Å². The zero-order chi connectivity index (χ0) is 15.3. The van der Waals surface area contributed by atoms with Gasteiger partial charge in [-0.3, -0.25) is 4.79 Å². The van der Waals surface area contributed by atoms with Gasteiger partial charge in [-0.15, -0.1) is 5.10 Å². The first-order valence-corrected chi connectivity index (χ1v) is 6.60. The molecule has 0 aromatic carbocycles. The topological polar surface area (TPSA) is 83.6 Å². The molecule has 1 aromatic rings. The number of carbonyl (C=O) groups excluding carboxylic acids is 1. The lowest BCUT2D eigenvalue weighted by atomic mass is 10.0. The number of carbonyl (C=O) groups is 1. The summed E-state index contributed by atoms with van der Waals surface area (Å²) >= 11 is 3.59. The van der Waals surface area contributed by atoms with Gasteiger partial charge in [-0.05, 0) is 22.8 Å². The van der Waals surface area contributed by atoms with Gasteiger partial charge in [-0.2, -0.15) is 25.8 Å². The molecule has 2 atom stereocenters. The number of nitrogens with one attached hydrogen (secondary N) is 2. The maximum absolute atomic E-state index is 12.7. The van der Waals surface area contributed by atoms with E-state index in [9.17, 15) is 18.0 Å². The SMILES string of the molecule is CC(C)CC(NC(=O)[C@@H](CS)C(F)(F)F)c1nnn[nH]1. The number of nitrogens with zero attached hydrogens (tertiary/aromatic N) is 3. The Hall–Kier alpha value is -1.32. The summed E-state index contributed by atoms with van der Waals surface area (Å²) in [6.07, 6.45) is -4.21. The third-order valence-corrected chi connectivity index (χ3v) is 2.97. The van der Waals surface area contributed by atoms with E-state index in [0.29, 0.717) is 6.42 Å². The summed E-state index contributed by atoms with van der Waals surface area (Å²) in [5, 5.41) is 15.1. The lowest BCUT2D eigenvalue weighted by molar-refractivity contribution is -0.178. The second-order valence-corrected chi connectivity index (χ2v) is 5.12. The monoisotopic (exact) mass is 311 g/mol. The van der Waals surface area contributed by atoms with Gasteiger partial charge in [0.1, 0.15) is 5.92 Å². The first-order valence-electron chi connectivity index (χ1n) is 5.97. The molecule has 0 radical (unpaired) electrons. The molecule has 0 spiro atoms. The molecule has 1 amide bonds. The zero-order valence-corrected chi connectivity index (χ0v) is 11.9. The van der Waals surface area contributed by atoms with Crippen LogP contribution in [0.25, 0.3) is 0 Å². The molecule has 20 heavy (non-hydrogen) atoms. The minimum absolute atomic E-state index is 0.144. The molecule has 1 unspecified atom stereocenters. The number of thiol groups is 1. The molecule has 10 heteroatoms. The van der Waals surface area contributed by atoms with Crippen LogP contribution in [0.2, 0.25) is 0 Å². The maximum Gasteiger partial charge on any atom is 0.401 e. The summed E-state index contributed by atoms with van der Waals surface area (Å²) < 4.78 is 38.0. The summed E-state index contributed by atoms with van der Waals surface area (Å²) in [6.45, 7) is 3.76. The number of halogens is 3. The summed E-state index contributed by atoms with van der Waals surface area (Å²) in [7, 11) is 0. The van der Waals surface area contributed by atoms with Crippen molar-refractivity contribution < 1.29 is 18.0 Å². The Morgan fingerprint density at radius 3 is 2.50 bits per heavy atom. The molecule has 6 nitrogen and oxygen atoms in total. The maximum atomic E-state index is 12.7. The van der Waals surface area contributed by atoms with Crippen LogP contribution >= 0.6 is 12.6 Å². The fraction of sp³-hybridized carbons (Fsp3) is 0.800. The van der Waals surface area contributed by atoms with E-state index in [1.54, 1.807) is 0 Å². The van der Waals surface area contributed by atoms with E-state index in [1.165, 1.54) is 0 Å². The van der Waals surface area contributed by atoms with Crippen LogP contribution in [0.4, 0.5) is 13.2 Å². The molecular weight excluding hydrogens is 295 g/mol. The van der Waals surface area contributed by atoms with Crippen LogP contribution in [0.5, 0.6) is 0 Å². The van der Waals surface area contributed by atoms with Gasteiger partial charge in [-0.1, -0.05) is 13.8 Å². The number of amides is 1. The van der Waals surface area contributed by atoms with Crippen LogP contribution in [0.1, 0.15) is 32.1 Å². The first kappa shape index (κ1) is 16.7. The number of hydrogen-bond acceptors (Lipinski definition) is 5. The highest BCUT2D eigenvalue weighted by Gasteiger charge is 2.44. The van der Waals surface area contributed by atoms with E-state index < -0.39 is 29.8 Å². The van der Waals surface area contributed by atoms with E-state index in [-0.39, 0.29) is 11.7 Å². The lowest BCUT2D eigenvalue weighted by Crippen LogP contribution is -2.42. The summed E-state index contributed by atoms with van der Waals surface area (Å²) in [5.74, 6) is -3.53. The predicted molar refractivity (Wildman–Crippen MR) is 67.9 cm³/mol. The predicted octanol–water partition coefficient (Wildman–Crippen LogP) is 1.51. The second kappa shape index (κ2) is 6.91. The molecule has 0 aliphatic heterocycles. The highest BCUT2D eigenvalue weighted by molar-refractivity contribution is 7.80. The van der Waals surface area contributed by atoms with Crippen LogP contribution in [-0.2, 0) is 4.79 Å². The number of tetrazole rings is 1. The minimum atomic E-state index is -4.63. The number of aromatic amines is 1. The highest BCUT2D eigenvalue weighted by atomic mass is 32.1.